The number of hydrogen-bond acceptors (Lipinski definition) is 4. The summed E-state index contributed by atoms with van der Waals surface area (Å²) in [6.07, 6.45) is 4.73. The Bertz CT molecular complexity index is 901. The van der Waals surface area contributed by atoms with Crippen LogP contribution in [-0.4, -0.2) is 17.5 Å². The zero-order valence-corrected chi connectivity index (χ0v) is 13.6. The molecular formula is C20H18O4. The lowest BCUT2D eigenvalue weighted by Crippen LogP contribution is -1.95. The van der Waals surface area contributed by atoms with Crippen molar-refractivity contribution in [3.8, 4) is 11.5 Å². The van der Waals surface area contributed by atoms with Gasteiger partial charge in [-0.15, -0.1) is 0 Å². The lowest BCUT2D eigenvalue weighted by atomic mass is 10.0. The van der Waals surface area contributed by atoms with Crippen LogP contribution in [0, 0.1) is 6.92 Å². The Balaban J connectivity index is 1.84. The first kappa shape index (κ1) is 15.9. The second-order valence-corrected chi connectivity index (χ2v) is 5.45. The summed E-state index contributed by atoms with van der Waals surface area (Å²) in [5, 5.41) is 10.9. The van der Waals surface area contributed by atoms with Crippen LogP contribution in [0.1, 0.15) is 28.4 Å². The van der Waals surface area contributed by atoms with Gasteiger partial charge < -0.3 is 14.3 Å². The Morgan fingerprint density at radius 3 is 2.67 bits per heavy atom. The van der Waals surface area contributed by atoms with E-state index in [-0.39, 0.29) is 17.1 Å². The van der Waals surface area contributed by atoms with E-state index in [2.05, 4.69) is 0 Å². The molecule has 122 valence electrons. The fraction of sp³-hybridized carbons (Fsp3) is 0.150. The van der Waals surface area contributed by atoms with E-state index in [1.165, 1.54) is 6.08 Å². The molecule has 1 aromatic heterocycles. The second kappa shape index (κ2) is 6.62. The molecule has 0 saturated heterocycles. The van der Waals surface area contributed by atoms with Crippen LogP contribution < -0.4 is 4.74 Å². The van der Waals surface area contributed by atoms with Crippen LogP contribution in [0.2, 0.25) is 0 Å². The number of ketones is 1. The largest absolute Gasteiger partial charge is 0.506 e. The molecule has 1 heterocycles. The van der Waals surface area contributed by atoms with Crippen molar-refractivity contribution >= 4 is 22.8 Å². The van der Waals surface area contributed by atoms with Gasteiger partial charge in [-0.25, -0.2) is 0 Å². The number of benzene rings is 2. The van der Waals surface area contributed by atoms with Gasteiger partial charge in [0.25, 0.3) is 0 Å². The lowest BCUT2D eigenvalue weighted by molar-refractivity contribution is 0.104. The summed E-state index contributed by atoms with van der Waals surface area (Å²) in [5.74, 6) is 0.489. The molecule has 24 heavy (non-hydrogen) atoms. The zero-order chi connectivity index (χ0) is 17.1. The van der Waals surface area contributed by atoms with Crippen molar-refractivity contribution in [2.75, 3.05) is 6.61 Å². The van der Waals surface area contributed by atoms with Gasteiger partial charge >= 0.3 is 0 Å². The Morgan fingerprint density at radius 1 is 1.21 bits per heavy atom. The maximum Gasteiger partial charge on any atom is 0.189 e. The van der Waals surface area contributed by atoms with Crippen LogP contribution in [0.15, 0.2) is 53.2 Å². The summed E-state index contributed by atoms with van der Waals surface area (Å²) in [4.78, 5) is 12.4. The highest BCUT2D eigenvalue weighted by Crippen LogP contribution is 2.33. The number of ether oxygens (including phenoxy) is 1. The van der Waals surface area contributed by atoms with Crippen molar-refractivity contribution < 1.29 is 19.1 Å². The molecule has 0 aliphatic heterocycles. The molecule has 4 heteroatoms. The van der Waals surface area contributed by atoms with E-state index in [0.717, 1.165) is 16.9 Å². The molecule has 0 aliphatic carbocycles. The quantitative estimate of drug-likeness (QED) is 0.544. The minimum Gasteiger partial charge on any atom is -0.506 e. The number of fused-ring (bicyclic) bond motifs is 1. The third-order valence-electron chi connectivity index (χ3n) is 3.78. The summed E-state index contributed by atoms with van der Waals surface area (Å²) in [5.41, 5.74) is 2.51. The first-order valence-corrected chi connectivity index (χ1v) is 7.75. The number of aryl methyl sites for hydroxylation is 1. The highest BCUT2D eigenvalue weighted by molar-refractivity contribution is 6.11. The Labute approximate surface area is 140 Å². The smallest absolute Gasteiger partial charge is 0.189 e. The van der Waals surface area contributed by atoms with Gasteiger partial charge in [-0.3, -0.25) is 4.79 Å². The van der Waals surface area contributed by atoms with E-state index in [1.54, 1.807) is 24.5 Å². The summed E-state index contributed by atoms with van der Waals surface area (Å²) in [6, 6.07) is 10.7. The van der Waals surface area contributed by atoms with Crippen molar-refractivity contribution in [2.24, 2.45) is 0 Å². The fourth-order valence-corrected chi connectivity index (χ4v) is 2.57. The summed E-state index contributed by atoms with van der Waals surface area (Å²) in [6.45, 7) is 4.37. The predicted octanol–water partition coefficient (Wildman–Crippen LogP) is 4.74. The molecule has 1 N–H and O–H groups in total. The van der Waals surface area contributed by atoms with Gasteiger partial charge in [0.2, 0.25) is 0 Å². The first-order valence-electron chi connectivity index (χ1n) is 7.75. The average molecular weight is 322 g/mol. The van der Waals surface area contributed by atoms with Gasteiger partial charge in [-0.1, -0.05) is 18.2 Å². The molecule has 0 bridgehead atoms. The Hall–Kier alpha value is -3.01. The van der Waals surface area contributed by atoms with Crippen molar-refractivity contribution in [1.82, 2.24) is 0 Å². The fourth-order valence-electron chi connectivity index (χ4n) is 2.57. The average Bonchev–Trinajstić information content (AvgIpc) is 2.96. The number of aromatic hydroxyl groups is 1. The normalized spacial score (nSPS) is 11.2. The molecule has 3 rings (SSSR count). The molecule has 2 aromatic carbocycles. The van der Waals surface area contributed by atoms with Gasteiger partial charge in [0.1, 0.15) is 17.1 Å². The van der Waals surface area contributed by atoms with E-state index in [1.807, 2.05) is 38.1 Å². The molecule has 0 atom stereocenters. The molecular weight excluding hydrogens is 304 g/mol. The minimum absolute atomic E-state index is 0.0416. The molecule has 0 fully saturated rings. The standard InChI is InChI=1S/C20H18O4/c1-3-23-15-7-4-14(5-8-15)6-10-17(21)16-9-11-18-19(20(16)22)13(2)12-24-18/h4-12,22H,3H2,1-2H3/b10-6+. The van der Waals surface area contributed by atoms with E-state index in [4.69, 9.17) is 9.15 Å². The van der Waals surface area contributed by atoms with Crippen molar-refractivity contribution in [1.29, 1.82) is 0 Å². The highest BCUT2D eigenvalue weighted by Gasteiger charge is 2.15. The second-order valence-electron chi connectivity index (χ2n) is 5.45. The van der Waals surface area contributed by atoms with Gasteiger partial charge in [0, 0.05) is 0 Å². The molecule has 0 spiro atoms. The topological polar surface area (TPSA) is 59.7 Å². The predicted molar refractivity (Wildman–Crippen MR) is 93.6 cm³/mol. The monoisotopic (exact) mass is 322 g/mol. The molecule has 4 nitrogen and oxygen atoms in total. The number of phenolic OH excluding ortho intramolecular Hbond substituents is 1. The van der Waals surface area contributed by atoms with Gasteiger partial charge in [-0.05, 0) is 55.3 Å². The van der Waals surface area contributed by atoms with Gasteiger partial charge in [0.05, 0.1) is 23.8 Å². The van der Waals surface area contributed by atoms with Crippen LogP contribution in [0.4, 0.5) is 0 Å². The SMILES string of the molecule is CCOc1ccc(/C=C/C(=O)c2ccc3occ(C)c3c2O)cc1. The van der Waals surface area contributed by atoms with E-state index < -0.39 is 0 Å². The molecule has 0 saturated carbocycles. The van der Waals surface area contributed by atoms with Crippen LogP contribution in [0.25, 0.3) is 17.0 Å². The molecule has 0 radical (unpaired) electrons. The number of carbonyl (C=O) groups is 1. The van der Waals surface area contributed by atoms with Crippen LogP contribution >= 0.6 is 0 Å². The number of allylic oxidation sites excluding steroid dienone is 1. The van der Waals surface area contributed by atoms with E-state index in [9.17, 15) is 9.90 Å². The third-order valence-corrected chi connectivity index (χ3v) is 3.78. The van der Waals surface area contributed by atoms with E-state index >= 15 is 0 Å². The Morgan fingerprint density at radius 2 is 1.96 bits per heavy atom. The van der Waals surface area contributed by atoms with Gasteiger partial charge in [-0.2, -0.15) is 0 Å². The Kier molecular flexibility index (Phi) is 4.38. The number of carbonyl (C=O) groups excluding carboxylic acids is 1. The highest BCUT2D eigenvalue weighted by atomic mass is 16.5. The maximum absolute atomic E-state index is 12.4. The maximum atomic E-state index is 12.4. The molecule has 3 aromatic rings. The number of furan rings is 1. The minimum atomic E-state index is -0.260. The zero-order valence-electron chi connectivity index (χ0n) is 13.6. The van der Waals surface area contributed by atoms with Crippen molar-refractivity contribution in [3.63, 3.8) is 0 Å². The van der Waals surface area contributed by atoms with Crippen molar-refractivity contribution in [3.05, 3.63) is 65.4 Å². The number of hydrogen-bond donors (Lipinski definition) is 1. The summed E-state index contributed by atoms with van der Waals surface area (Å²) < 4.78 is 10.7. The van der Waals surface area contributed by atoms with E-state index in [0.29, 0.717) is 17.6 Å². The number of rotatable bonds is 5. The first-order chi connectivity index (χ1) is 11.6. The lowest BCUT2D eigenvalue weighted by Gasteiger charge is -2.03. The molecule has 0 amide bonds. The molecule has 0 aliphatic rings. The third kappa shape index (κ3) is 3.04. The summed E-state index contributed by atoms with van der Waals surface area (Å²) >= 11 is 0. The molecule has 0 unspecified atom stereocenters. The van der Waals surface area contributed by atoms with Crippen LogP contribution in [-0.2, 0) is 0 Å². The number of phenols is 1. The summed E-state index contributed by atoms with van der Waals surface area (Å²) in [7, 11) is 0. The van der Waals surface area contributed by atoms with Crippen molar-refractivity contribution in [2.45, 2.75) is 13.8 Å². The van der Waals surface area contributed by atoms with Gasteiger partial charge in [0.15, 0.2) is 5.78 Å². The van der Waals surface area contributed by atoms with Crippen LogP contribution in [0.5, 0.6) is 11.5 Å². The van der Waals surface area contributed by atoms with Crippen LogP contribution in [0.3, 0.4) is 0 Å².